The van der Waals surface area contributed by atoms with E-state index >= 15 is 0 Å². The van der Waals surface area contributed by atoms with Crippen LogP contribution in [0.25, 0.3) is 10.1 Å². The number of para-hydroxylation sites is 2. The summed E-state index contributed by atoms with van der Waals surface area (Å²) in [7, 11) is 0. The van der Waals surface area contributed by atoms with Crippen LogP contribution in [0.2, 0.25) is 0 Å². The van der Waals surface area contributed by atoms with Gasteiger partial charge in [0.25, 0.3) is 11.6 Å². The maximum absolute atomic E-state index is 13.7. The molecular weight excluding hydrogens is 375 g/mol. The number of nitro benzene ring substituents is 1. The highest BCUT2D eigenvalue weighted by Crippen LogP contribution is 2.28. The number of fused-ring (bicyclic) bond motifs is 1. The molecule has 7 nitrogen and oxygen atoms in total. The number of carbonyl (C=O) groups excluding carboxylic acids is 2. The van der Waals surface area contributed by atoms with Gasteiger partial charge >= 0.3 is 5.97 Å². The van der Waals surface area contributed by atoms with Crippen LogP contribution in [0, 0.1) is 15.9 Å². The van der Waals surface area contributed by atoms with Crippen molar-refractivity contribution >= 4 is 44.7 Å². The fraction of sp³-hybridized carbons (Fsp3) is 0.111. The molecule has 1 N–H and O–H groups in total. The number of anilines is 1. The van der Waals surface area contributed by atoms with Crippen LogP contribution in [0.4, 0.5) is 15.8 Å². The second-order valence-electron chi connectivity index (χ2n) is 5.57. The van der Waals surface area contributed by atoms with Crippen LogP contribution in [-0.2, 0) is 9.53 Å². The van der Waals surface area contributed by atoms with Gasteiger partial charge in [-0.15, -0.1) is 11.3 Å². The Labute approximate surface area is 156 Å². The van der Waals surface area contributed by atoms with Crippen molar-refractivity contribution in [2.24, 2.45) is 0 Å². The number of benzene rings is 2. The number of rotatable bonds is 5. The Hall–Kier alpha value is -3.33. The fourth-order valence-electron chi connectivity index (χ4n) is 2.37. The van der Waals surface area contributed by atoms with E-state index in [1.54, 1.807) is 6.07 Å². The molecule has 1 aromatic heterocycles. The summed E-state index contributed by atoms with van der Waals surface area (Å²) in [5.74, 6) is -1.95. The van der Waals surface area contributed by atoms with E-state index in [0.717, 1.165) is 11.3 Å². The highest BCUT2D eigenvalue weighted by molar-refractivity contribution is 7.20. The van der Waals surface area contributed by atoms with Crippen molar-refractivity contribution in [1.29, 1.82) is 0 Å². The molecular formula is C18H13FN2O5S. The summed E-state index contributed by atoms with van der Waals surface area (Å²) < 4.78 is 19.4. The molecule has 1 atom stereocenters. The van der Waals surface area contributed by atoms with Crippen molar-refractivity contribution in [2.45, 2.75) is 13.0 Å². The lowest BCUT2D eigenvalue weighted by Crippen LogP contribution is -2.30. The average Bonchev–Trinajstić information content (AvgIpc) is 3.08. The molecule has 0 saturated heterocycles. The van der Waals surface area contributed by atoms with Gasteiger partial charge in [0, 0.05) is 16.2 Å². The first-order valence-electron chi connectivity index (χ1n) is 7.80. The van der Waals surface area contributed by atoms with Crippen LogP contribution in [-0.4, -0.2) is 22.9 Å². The number of hydrogen-bond donors (Lipinski definition) is 1. The van der Waals surface area contributed by atoms with Crippen molar-refractivity contribution in [2.75, 3.05) is 5.32 Å². The maximum Gasteiger partial charge on any atom is 0.349 e. The number of nitrogens with zero attached hydrogens (tertiary/aromatic N) is 1. The van der Waals surface area contributed by atoms with Crippen LogP contribution in [0.15, 0.2) is 48.5 Å². The van der Waals surface area contributed by atoms with E-state index < -0.39 is 28.7 Å². The number of ether oxygens (including phenoxy) is 1. The first-order valence-corrected chi connectivity index (χ1v) is 8.62. The number of carbonyl (C=O) groups is 2. The minimum Gasteiger partial charge on any atom is -0.448 e. The number of thiophene rings is 1. The van der Waals surface area contributed by atoms with Gasteiger partial charge in [-0.3, -0.25) is 14.9 Å². The van der Waals surface area contributed by atoms with Gasteiger partial charge < -0.3 is 10.1 Å². The zero-order valence-electron chi connectivity index (χ0n) is 14.0. The van der Waals surface area contributed by atoms with Gasteiger partial charge in [-0.25, -0.2) is 9.18 Å². The predicted molar refractivity (Wildman–Crippen MR) is 98.4 cm³/mol. The molecule has 1 unspecified atom stereocenters. The molecule has 2 aromatic carbocycles. The molecule has 0 aliphatic rings. The van der Waals surface area contributed by atoms with Crippen molar-refractivity contribution in [3.63, 3.8) is 0 Å². The van der Waals surface area contributed by atoms with E-state index in [9.17, 15) is 24.1 Å². The summed E-state index contributed by atoms with van der Waals surface area (Å²) in [5.41, 5.74) is -0.274. The minimum absolute atomic E-state index is 0.000618. The monoisotopic (exact) mass is 388 g/mol. The summed E-state index contributed by atoms with van der Waals surface area (Å²) >= 11 is 1.05. The Morgan fingerprint density at radius 3 is 2.67 bits per heavy atom. The molecule has 3 aromatic rings. The largest absolute Gasteiger partial charge is 0.448 e. The van der Waals surface area contributed by atoms with E-state index in [-0.39, 0.29) is 16.3 Å². The Bertz CT molecular complexity index is 1050. The zero-order valence-corrected chi connectivity index (χ0v) is 14.8. The molecule has 0 fully saturated rings. The summed E-state index contributed by atoms with van der Waals surface area (Å²) in [6, 6.07) is 11.5. The molecule has 3 rings (SSSR count). The Kier molecular flexibility index (Phi) is 5.13. The lowest BCUT2D eigenvalue weighted by Gasteiger charge is -2.13. The summed E-state index contributed by atoms with van der Waals surface area (Å²) in [6.45, 7) is 1.34. The zero-order chi connectivity index (χ0) is 19.6. The molecule has 0 aliphatic heterocycles. The standard InChI is InChI=1S/C18H13FN2O5S/c1-10(17(22)20-13-6-2-3-7-14(13)21(24)25)26-18(23)16-9-11-12(19)5-4-8-15(11)27-16/h2-10H,1H3,(H,20,22). The molecule has 0 spiro atoms. The van der Waals surface area contributed by atoms with E-state index in [1.807, 2.05) is 0 Å². The Balaban J connectivity index is 1.71. The third kappa shape index (κ3) is 3.93. The number of nitro groups is 1. The lowest BCUT2D eigenvalue weighted by atomic mass is 10.2. The molecule has 0 radical (unpaired) electrons. The lowest BCUT2D eigenvalue weighted by molar-refractivity contribution is -0.383. The maximum atomic E-state index is 13.7. The summed E-state index contributed by atoms with van der Waals surface area (Å²) in [6.07, 6.45) is -1.20. The first-order chi connectivity index (χ1) is 12.9. The highest BCUT2D eigenvalue weighted by Gasteiger charge is 2.23. The van der Waals surface area contributed by atoms with Gasteiger partial charge in [0.2, 0.25) is 0 Å². The SMILES string of the molecule is CC(OC(=O)c1cc2c(F)cccc2s1)C(=O)Nc1ccccc1[N+](=O)[O-]. The van der Waals surface area contributed by atoms with Gasteiger partial charge in [-0.1, -0.05) is 18.2 Å². The van der Waals surface area contributed by atoms with Crippen molar-refractivity contribution in [1.82, 2.24) is 0 Å². The minimum atomic E-state index is -1.20. The predicted octanol–water partition coefficient (Wildman–Crippen LogP) is 4.13. The average molecular weight is 388 g/mol. The summed E-state index contributed by atoms with van der Waals surface area (Å²) in [4.78, 5) is 35.0. The van der Waals surface area contributed by atoms with Crippen LogP contribution >= 0.6 is 11.3 Å². The van der Waals surface area contributed by atoms with Gasteiger partial charge in [-0.2, -0.15) is 0 Å². The number of esters is 1. The quantitative estimate of drug-likeness (QED) is 0.402. The number of hydrogen-bond acceptors (Lipinski definition) is 6. The summed E-state index contributed by atoms with van der Waals surface area (Å²) in [5, 5.41) is 13.7. The third-order valence-corrected chi connectivity index (χ3v) is 4.80. The number of amides is 1. The molecule has 9 heteroatoms. The molecule has 0 bridgehead atoms. The van der Waals surface area contributed by atoms with E-state index in [0.29, 0.717) is 10.1 Å². The molecule has 1 amide bonds. The molecule has 138 valence electrons. The van der Waals surface area contributed by atoms with Gasteiger partial charge in [0.15, 0.2) is 6.10 Å². The molecule has 0 saturated carbocycles. The smallest absolute Gasteiger partial charge is 0.349 e. The number of halogens is 1. The van der Waals surface area contributed by atoms with Crippen LogP contribution < -0.4 is 5.32 Å². The van der Waals surface area contributed by atoms with Gasteiger partial charge in [0.1, 0.15) is 16.4 Å². The Morgan fingerprint density at radius 1 is 1.22 bits per heavy atom. The van der Waals surface area contributed by atoms with Gasteiger partial charge in [0.05, 0.1) is 4.92 Å². The van der Waals surface area contributed by atoms with Crippen LogP contribution in [0.3, 0.4) is 0 Å². The second kappa shape index (κ2) is 7.50. The van der Waals surface area contributed by atoms with Crippen LogP contribution in [0.5, 0.6) is 0 Å². The van der Waals surface area contributed by atoms with E-state index in [4.69, 9.17) is 4.74 Å². The van der Waals surface area contributed by atoms with Crippen molar-refractivity contribution < 1.29 is 23.6 Å². The van der Waals surface area contributed by atoms with Crippen LogP contribution in [0.1, 0.15) is 16.6 Å². The first kappa shape index (κ1) is 18.5. The van der Waals surface area contributed by atoms with Crippen molar-refractivity contribution in [3.8, 4) is 0 Å². The van der Waals surface area contributed by atoms with E-state index in [2.05, 4.69) is 5.32 Å². The molecule has 1 heterocycles. The Morgan fingerprint density at radius 2 is 1.96 bits per heavy atom. The van der Waals surface area contributed by atoms with E-state index in [1.165, 1.54) is 49.4 Å². The van der Waals surface area contributed by atoms with Crippen molar-refractivity contribution in [3.05, 3.63) is 69.3 Å². The normalized spacial score (nSPS) is 11.8. The second-order valence-corrected chi connectivity index (χ2v) is 6.66. The fourth-order valence-corrected chi connectivity index (χ4v) is 3.33. The van der Waals surface area contributed by atoms with Gasteiger partial charge in [-0.05, 0) is 31.2 Å². The highest BCUT2D eigenvalue weighted by atomic mass is 32.1. The third-order valence-electron chi connectivity index (χ3n) is 3.72. The topological polar surface area (TPSA) is 98.5 Å². The molecule has 27 heavy (non-hydrogen) atoms. The molecule has 0 aliphatic carbocycles. The number of nitrogens with one attached hydrogen (secondary N) is 1.